The van der Waals surface area contributed by atoms with E-state index in [1.165, 1.54) is 0 Å². The minimum Gasteiger partial charge on any atom is -0.497 e. The Bertz CT molecular complexity index is 586. The number of nitrogens with two attached hydrogens (primary N) is 1. The lowest BCUT2D eigenvalue weighted by Gasteiger charge is -2.10. The van der Waals surface area contributed by atoms with E-state index < -0.39 is 0 Å². The first-order valence-electron chi connectivity index (χ1n) is 6.38. The highest BCUT2D eigenvalue weighted by molar-refractivity contribution is 6.00. The van der Waals surface area contributed by atoms with Crippen LogP contribution in [0.3, 0.4) is 0 Å². The maximum Gasteiger partial charge on any atom is 0.253 e. The summed E-state index contributed by atoms with van der Waals surface area (Å²) in [5.74, 6) is 0.639. The average molecular weight is 270 g/mol. The standard InChI is InChI=1S/C16H18N2O2/c1-11-4-3-5-14(17)15(11)16(19)18-10-12-6-8-13(20-2)9-7-12/h3-9H,10,17H2,1-2H3,(H,18,19). The third-order valence-electron chi connectivity index (χ3n) is 3.14. The molecule has 104 valence electrons. The van der Waals surface area contributed by atoms with E-state index in [-0.39, 0.29) is 5.91 Å². The maximum absolute atomic E-state index is 12.2. The number of nitrogens with one attached hydrogen (secondary N) is 1. The van der Waals surface area contributed by atoms with Crippen molar-refractivity contribution in [3.63, 3.8) is 0 Å². The van der Waals surface area contributed by atoms with Crippen LogP contribution in [0.15, 0.2) is 42.5 Å². The van der Waals surface area contributed by atoms with Crippen molar-refractivity contribution in [1.82, 2.24) is 5.32 Å². The van der Waals surface area contributed by atoms with Crippen LogP contribution in [0, 0.1) is 6.92 Å². The Morgan fingerprint density at radius 2 is 1.90 bits per heavy atom. The fourth-order valence-corrected chi connectivity index (χ4v) is 2.01. The minimum atomic E-state index is -0.156. The number of carbonyl (C=O) groups excluding carboxylic acids is 1. The maximum atomic E-state index is 12.2. The van der Waals surface area contributed by atoms with E-state index in [4.69, 9.17) is 10.5 Å². The number of rotatable bonds is 4. The lowest BCUT2D eigenvalue weighted by Crippen LogP contribution is -2.24. The van der Waals surface area contributed by atoms with Crippen molar-refractivity contribution in [2.45, 2.75) is 13.5 Å². The Hall–Kier alpha value is -2.49. The normalized spacial score (nSPS) is 10.1. The Kier molecular flexibility index (Phi) is 4.25. The Balaban J connectivity index is 2.05. The molecule has 20 heavy (non-hydrogen) atoms. The summed E-state index contributed by atoms with van der Waals surface area (Å²) in [6.07, 6.45) is 0. The van der Waals surface area contributed by atoms with E-state index >= 15 is 0 Å². The van der Waals surface area contributed by atoms with Crippen LogP contribution < -0.4 is 15.8 Å². The van der Waals surface area contributed by atoms with Crippen LogP contribution >= 0.6 is 0 Å². The largest absolute Gasteiger partial charge is 0.497 e. The number of methoxy groups -OCH3 is 1. The summed E-state index contributed by atoms with van der Waals surface area (Å²) in [6.45, 7) is 2.33. The molecule has 2 aromatic carbocycles. The van der Waals surface area contributed by atoms with E-state index in [9.17, 15) is 4.79 Å². The van der Waals surface area contributed by atoms with Crippen molar-refractivity contribution in [3.05, 3.63) is 59.2 Å². The van der Waals surface area contributed by atoms with Crippen molar-refractivity contribution in [2.24, 2.45) is 0 Å². The molecule has 0 heterocycles. The van der Waals surface area contributed by atoms with E-state index in [0.29, 0.717) is 17.8 Å². The number of aryl methyl sites for hydroxylation is 1. The number of hydrogen-bond donors (Lipinski definition) is 2. The van der Waals surface area contributed by atoms with E-state index in [0.717, 1.165) is 16.9 Å². The summed E-state index contributed by atoms with van der Waals surface area (Å²) in [6, 6.07) is 13.0. The molecule has 0 radical (unpaired) electrons. The SMILES string of the molecule is COc1ccc(CNC(=O)c2c(C)cccc2N)cc1. The van der Waals surface area contributed by atoms with E-state index in [2.05, 4.69) is 5.32 Å². The van der Waals surface area contributed by atoms with Crippen LogP contribution in [0.1, 0.15) is 21.5 Å². The number of carbonyl (C=O) groups is 1. The molecule has 2 aromatic rings. The van der Waals surface area contributed by atoms with Gasteiger partial charge in [0.2, 0.25) is 0 Å². The molecule has 4 heteroatoms. The van der Waals surface area contributed by atoms with Crippen LogP contribution in [-0.2, 0) is 6.54 Å². The summed E-state index contributed by atoms with van der Waals surface area (Å²) in [7, 11) is 1.62. The minimum absolute atomic E-state index is 0.156. The second-order valence-electron chi connectivity index (χ2n) is 4.57. The first kappa shape index (κ1) is 13.9. The topological polar surface area (TPSA) is 64.3 Å². The molecule has 0 unspecified atom stereocenters. The van der Waals surface area contributed by atoms with E-state index in [1.54, 1.807) is 13.2 Å². The van der Waals surface area contributed by atoms with Crippen LogP contribution in [0.4, 0.5) is 5.69 Å². The van der Waals surface area contributed by atoms with Crippen LogP contribution in [0.5, 0.6) is 5.75 Å². The Morgan fingerprint density at radius 1 is 1.20 bits per heavy atom. The van der Waals surface area contributed by atoms with Crippen molar-refractivity contribution >= 4 is 11.6 Å². The predicted molar refractivity (Wildman–Crippen MR) is 79.8 cm³/mol. The summed E-state index contributed by atoms with van der Waals surface area (Å²) in [5.41, 5.74) is 8.77. The fraction of sp³-hybridized carbons (Fsp3) is 0.188. The molecule has 0 aliphatic carbocycles. The third kappa shape index (κ3) is 3.09. The van der Waals surface area contributed by atoms with Gasteiger partial charge in [-0.25, -0.2) is 0 Å². The highest BCUT2D eigenvalue weighted by Gasteiger charge is 2.11. The monoisotopic (exact) mass is 270 g/mol. The quantitative estimate of drug-likeness (QED) is 0.839. The molecule has 0 aliphatic rings. The smallest absolute Gasteiger partial charge is 0.253 e. The molecule has 0 spiro atoms. The van der Waals surface area contributed by atoms with Gasteiger partial charge in [0.1, 0.15) is 5.75 Å². The number of anilines is 1. The van der Waals surface area contributed by atoms with Gasteiger partial charge in [-0.05, 0) is 36.2 Å². The molecule has 0 bridgehead atoms. The molecular formula is C16H18N2O2. The number of ether oxygens (including phenoxy) is 1. The molecule has 3 N–H and O–H groups in total. The second kappa shape index (κ2) is 6.10. The van der Waals surface area contributed by atoms with Gasteiger partial charge in [0, 0.05) is 12.2 Å². The zero-order valence-electron chi connectivity index (χ0n) is 11.6. The molecule has 2 rings (SSSR count). The third-order valence-corrected chi connectivity index (χ3v) is 3.14. The van der Waals surface area contributed by atoms with Gasteiger partial charge >= 0.3 is 0 Å². The second-order valence-corrected chi connectivity index (χ2v) is 4.57. The Morgan fingerprint density at radius 3 is 2.50 bits per heavy atom. The van der Waals surface area contributed by atoms with Gasteiger partial charge in [0.25, 0.3) is 5.91 Å². The number of hydrogen-bond acceptors (Lipinski definition) is 3. The van der Waals surface area contributed by atoms with Crippen molar-refractivity contribution in [2.75, 3.05) is 12.8 Å². The zero-order chi connectivity index (χ0) is 14.5. The lowest BCUT2D eigenvalue weighted by atomic mass is 10.1. The molecule has 0 aliphatic heterocycles. The van der Waals surface area contributed by atoms with Crippen molar-refractivity contribution in [3.8, 4) is 5.75 Å². The molecule has 0 aromatic heterocycles. The van der Waals surface area contributed by atoms with Gasteiger partial charge < -0.3 is 15.8 Å². The van der Waals surface area contributed by atoms with Gasteiger partial charge in [0.15, 0.2) is 0 Å². The van der Waals surface area contributed by atoms with Gasteiger partial charge in [-0.3, -0.25) is 4.79 Å². The number of nitrogen functional groups attached to an aromatic ring is 1. The van der Waals surface area contributed by atoms with Crippen molar-refractivity contribution in [1.29, 1.82) is 0 Å². The fourth-order valence-electron chi connectivity index (χ4n) is 2.01. The van der Waals surface area contributed by atoms with Gasteiger partial charge in [0.05, 0.1) is 12.7 Å². The van der Waals surface area contributed by atoms with Crippen LogP contribution in [0.25, 0.3) is 0 Å². The summed E-state index contributed by atoms with van der Waals surface area (Å²) < 4.78 is 5.09. The molecular weight excluding hydrogens is 252 g/mol. The first-order chi connectivity index (χ1) is 9.61. The highest BCUT2D eigenvalue weighted by Crippen LogP contribution is 2.16. The summed E-state index contributed by atoms with van der Waals surface area (Å²) in [5, 5.41) is 2.87. The molecule has 4 nitrogen and oxygen atoms in total. The highest BCUT2D eigenvalue weighted by atomic mass is 16.5. The molecule has 0 atom stereocenters. The summed E-state index contributed by atoms with van der Waals surface area (Å²) >= 11 is 0. The predicted octanol–water partition coefficient (Wildman–Crippen LogP) is 2.52. The molecule has 0 saturated heterocycles. The van der Waals surface area contributed by atoms with Crippen molar-refractivity contribution < 1.29 is 9.53 Å². The van der Waals surface area contributed by atoms with Gasteiger partial charge in [-0.1, -0.05) is 24.3 Å². The average Bonchev–Trinajstić information content (AvgIpc) is 2.45. The Labute approximate surface area is 118 Å². The lowest BCUT2D eigenvalue weighted by molar-refractivity contribution is 0.0951. The number of amides is 1. The molecule has 0 fully saturated rings. The van der Waals surface area contributed by atoms with E-state index in [1.807, 2.05) is 43.3 Å². The van der Waals surface area contributed by atoms with Crippen LogP contribution in [-0.4, -0.2) is 13.0 Å². The first-order valence-corrected chi connectivity index (χ1v) is 6.38. The van der Waals surface area contributed by atoms with Crippen LogP contribution in [0.2, 0.25) is 0 Å². The number of benzene rings is 2. The summed E-state index contributed by atoms with van der Waals surface area (Å²) in [4.78, 5) is 12.2. The molecule has 0 saturated carbocycles. The molecule has 1 amide bonds. The zero-order valence-corrected chi connectivity index (χ0v) is 11.6. The van der Waals surface area contributed by atoms with Gasteiger partial charge in [-0.2, -0.15) is 0 Å². The van der Waals surface area contributed by atoms with Gasteiger partial charge in [-0.15, -0.1) is 0 Å².